The maximum atomic E-state index is 6.22. The number of hydrogen-bond acceptors (Lipinski definition) is 2. The molecule has 0 bridgehead atoms. The minimum absolute atomic E-state index is 0.210. The smallest absolute Gasteiger partial charge is 0.120 e. The van der Waals surface area contributed by atoms with Crippen LogP contribution in [0.4, 0.5) is 0 Å². The predicted molar refractivity (Wildman–Crippen MR) is 69.0 cm³/mol. The third kappa shape index (κ3) is 2.63. The third-order valence-electron chi connectivity index (χ3n) is 3.98. The highest BCUT2D eigenvalue weighted by Gasteiger charge is 2.29. The lowest BCUT2D eigenvalue weighted by atomic mass is 10.0. The summed E-state index contributed by atoms with van der Waals surface area (Å²) in [5.74, 6) is 1.71. The molecular formula is C15H21NO. The molecule has 1 aromatic rings. The molecule has 0 unspecified atom stereocenters. The second kappa shape index (κ2) is 4.69. The standard InChI is InChI=1S/C15H21NO/c16-15(11-8-9-11)12-4-3-7-14(10-12)17-13-5-1-2-6-13/h3-4,7,10-11,13,15H,1-2,5-6,8-9,16H2/t15-/m1/s1. The van der Waals surface area contributed by atoms with Crippen molar-refractivity contribution in [2.75, 3.05) is 0 Å². The van der Waals surface area contributed by atoms with Gasteiger partial charge >= 0.3 is 0 Å². The zero-order chi connectivity index (χ0) is 11.7. The van der Waals surface area contributed by atoms with Crippen molar-refractivity contribution < 1.29 is 4.74 Å². The Balaban J connectivity index is 1.69. The molecule has 1 aromatic carbocycles. The fourth-order valence-corrected chi connectivity index (χ4v) is 2.72. The lowest BCUT2D eigenvalue weighted by Gasteiger charge is -2.16. The van der Waals surface area contributed by atoms with Crippen LogP contribution in [-0.4, -0.2) is 6.10 Å². The third-order valence-corrected chi connectivity index (χ3v) is 3.98. The summed E-state index contributed by atoms with van der Waals surface area (Å²) >= 11 is 0. The number of ether oxygens (including phenoxy) is 1. The van der Waals surface area contributed by atoms with E-state index < -0.39 is 0 Å². The summed E-state index contributed by atoms with van der Waals surface area (Å²) in [4.78, 5) is 0. The van der Waals surface area contributed by atoms with Gasteiger partial charge in [-0.3, -0.25) is 0 Å². The maximum Gasteiger partial charge on any atom is 0.120 e. The Labute approximate surface area is 103 Å². The molecule has 0 aliphatic heterocycles. The van der Waals surface area contributed by atoms with Crippen LogP contribution < -0.4 is 10.5 Å². The fourth-order valence-electron chi connectivity index (χ4n) is 2.72. The van der Waals surface area contributed by atoms with Gasteiger partial charge in [0.15, 0.2) is 0 Å². The molecular weight excluding hydrogens is 210 g/mol. The van der Waals surface area contributed by atoms with Crippen LogP contribution in [0.1, 0.15) is 50.1 Å². The van der Waals surface area contributed by atoms with E-state index in [2.05, 4.69) is 24.3 Å². The van der Waals surface area contributed by atoms with Crippen molar-refractivity contribution in [3.8, 4) is 5.75 Å². The molecule has 0 spiro atoms. The highest BCUT2D eigenvalue weighted by atomic mass is 16.5. The quantitative estimate of drug-likeness (QED) is 0.861. The van der Waals surface area contributed by atoms with E-state index in [0.29, 0.717) is 12.0 Å². The number of benzene rings is 1. The Morgan fingerprint density at radius 1 is 1.12 bits per heavy atom. The van der Waals surface area contributed by atoms with Crippen LogP contribution in [0.2, 0.25) is 0 Å². The summed E-state index contributed by atoms with van der Waals surface area (Å²) in [6, 6.07) is 8.61. The van der Waals surface area contributed by atoms with Crippen molar-refractivity contribution in [1.29, 1.82) is 0 Å². The van der Waals surface area contributed by atoms with Crippen LogP contribution >= 0.6 is 0 Å². The average Bonchev–Trinajstić information content (AvgIpc) is 3.08. The Bertz CT molecular complexity index is 380. The molecule has 0 saturated heterocycles. The normalized spacial score (nSPS) is 22.6. The van der Waals surface area contributed by atoms with E-state index >= 15 is 0 Å². The summed E-state index contributed by atoms with van der Waals surface area (Å²) in [5, 5.41) is 0. The summed E-state index contributed by atoms with van der Waals surface area (Å²) < 4.78 is 6.01. The van der Waals surface area contributed by atoms with Crippen molar-refractivity contribution in [3.05, 3.63) is 29.8 Å². The van der Waals surface area contributed by atoms with Crippen LogP contribution in [0, 0.1) is 5.92 Å². The van der Waals surface area contributed by atoms with E-state index in [1.54, 1.807) is 0 Å². The zero-order valence-corrected chi connectivity index (χ0v) is 10.3. The van der Waals surface area contributed by atoms with Gasteiger partial charge in [0.1, 0.15) is 5.75 Å². The molecule has 2 N–H and O–H groups in total. The first-order valence-corrected chi connectivity index (χ1v) is 6.85. The number of nitrogens with two attached hydrogens (primary N) is 1. The lowest BCUT2D eigenvalue weighted by molar-refractivity contribution is 0.209. The van der Waals surface area contributed by atoms with Gasteiger partial charge < -0.3 is 10.5 Å². The van der Waals surface area contributed by atoms with Gasteiger partial charge in [-0.05, 0) is 62.1 Å². The molecule has 1 atom stereocenters. The SMILES string of the molecule is N[C@@H](c1cccc(OC2CCCC2)c1)C1CC1. The van der Waals surface area contributed by atoms with E-state index in [4.69, 9.17) is 10.5 Å². The molecule has 2 aliphatic rings. The van der Waals surface area contributed by atoms with E-state index in [1.165, 1.54) is 44.1 Å². The molecule has 2 nitrogen and oxygen atoms in total. The molecule has 0 radical (unpaired) electrons. The molecule has 0 heterocycles. The highest BCUT2D eigenvalue weighted by molar-refractivity contribution is 5.31. The first-order valence-electron chi connectivity index (χ1n) is 6.85. The molecule has 17 heavy (non-hydrogen) atoms. The van der Waals surface area contributed by atoms with Crippen molar-refractivity contribution >= 4 is 0 Å². The molecule has 2 saturated carbocycles. The summed E-state index contributed by atoms with van der Waals surface area (Å²) in [7, 11) is 0. The summed E-state index contributed by atoms with van der Waals surface area (Å²) in [5.41, 5.74) is 7.46. The Morgan fingerprint density at radius 2 is 1.88 bits per heavy atom. The van der Waals surface area contributed by atoms with Gasteiger partial charge in [0.25, 0.3) is 0 Å². The van der Waals surface area contributed by atoms with Crippen LogP contribution in [0.3, 0.4) is 0 Å². The van der Waals surface area contributed by atoms with E-state index in [1.807, 2.05) is 0 Å². The molecule has 2 aliphatic carbocycles. The summed E-state index contributed by atoms with van der Waals surface area (Å²) in [6.07, 6.45) is 8.04. The monoisotopic (exact) mass is 231 g/mol. The topological polar surface area (TPSA) is 35.2 Å². The van der Waals surface area contributed by atoms with Crippen LogP contribution in [-0.2, 0) is 0 Å². The van der Waals surface area contributed by atoms with E-state index in [-0.39, 0.29) is 6.04 Å². The van der Waals surface area contributed by atoms with Gasteiger partial charge in [-0.25, -0.2) is 0 Å². The van der Waals surface area contributed by atoms with Crippen LogP contribution in [0.15, 0.2) is 24.3 Å². The molecule has 3 rings (SSSR count). The average molecular weight is 231 g/mol. The minimum Gasteiger partial charge on any atom is -0.490 e. The van der Waals surface area contributed by atoms with Crippen molar-refractivity contribution in [3.63, 3.8) is 0 Å². The van der Waals surface area contributed by atoms with Gasteiger partial charge in [-0.1, -0.05) is 12.1 Å². The second-order valence-corrected chi connectivity index (χ2v) is 5.46. The first-order chi connectivity index (χ1) is 8.33. The van der Waals surface area contributed by atoms with E-state index in [0.717, 1.165) is 5.75 Å². The minimum atomic E-state index is 0.210. The molecule has 0 aromatic heterocycles. The zero-order valence-electron chi connectivity index (χ0n) is 10.3. The van der Waals surface area contributed by atoms with Gasteiger partial charge in [-0.2, -0.15) is 0 Å². The number of rotatable bonds is 4. The largest absolute Gasteiger partial charge is 0.490 e. The maximum absolute atomic E-state index is 6.22. The number of hydrogen-bond donors (Lipinski definition) is 1. The molecule has 0 amide bonds. The first kappa shape index (κ1) is 11.1. The summed E-state index contributed by atoms with van der Waals surface area (Å²) in [6.45, 7) is 0. The van der Waals surface area contributed by atoms with Gasteiger partial charge in [0.05, 0.1) is 6.10 Å². The van der Waals surface area contributed by atoms with Crippen molar-refractivity contribution in [2.45, 2.75) is 50.7 Å². The molecule has 92 valence electrons. The Kier molecular flexibility index (Phi) is 3.06. The fraction of sp³-hybridized carbons (Fsp3) is 0.600. The van der Waals surface area contributed by atoms with Crippen LogP contribution in [0.5, 0.6) is 5.75 Å². The van der Waals surface area contributed by atoms with Gasteiger partial charge in [0, 0.05) is 6.04 Å². The van der Waals surface area contributed by atoms with Crippen molar-refractivity contribution in [2.24, 2.45) is 11.7 Å². The molecule has 2 heteroatoms. The highest BCUT2D eigenvalue weighted by Crippen LogP contribution is 2.40. The van der Waals surface area contributed by atoms with E-state index in [9.17, 15) is 0 Å². The molecule has 2 fully saturated rings. The van der Waals surface area contributed by atoms with Crippen molar-refractivity contribution in [1.82, 2.24) is 0 Å². The second-order valence-electron chi connectivity index (χ2n) is 5.46. The Hall–Kier alpha value is -1.02. The lowest BCUT2D eigenvalue weighted by Crippen LogP contribution is -2.14. The van der Waals surface area contributed by atoms with Gasteiger partial charge in [0.2, 0.25) is 0 Å². The van der Waals surface area contributed by atoms with Gasteiger partial charge in [-0.15, -0.1) is 0 Å². The Morgan fingerprint density at radius 3 is 2.59 bits per heavy atom. The van der Waals surface area contributed by atoms with Crippen LogP contribution in [0.25, 0.3) is 0 Å². The predicted octanol–water partition coefficient (Wildman–Crippen LogP) is 3.42.